The molecule has 3 nitrogen and oxygen atoms in total. The van der Waals surface area contributed by atoms with Crippen molar-refractivity contribution in [3.63, 3.8) is 0 Å². The summed E-state index contributed by atoms with van der Waals surface area (Å²) in [5.74, 6) is -2.16. The molecule has 0 heterocycles. The molecule has 2 aromatic rings. The maximum Gasteiger partial charge on any atom is 0.346 e. The lowest BCUT2D eigenvalue weighted by molar-refractivity contribution is 0.0728. The molecule has 1 aliphatic carbocycles. The number of halogens is 2. The van der Waals surface area contributed by atoms with Crippen molar-refractivity contribution >= 4 is 5.97 Å². The second-order valence-corrected chi connectivity index (χ2v) is 7.24. The summed E-state index contributed by atoms with van der Waals surface area (Å²) in [7, 11) is 0. The van der Waals surface area contributed by atoms with Crippen molar-refractivity contribution in [2.75, 3.05) is 0 Å². The topological polar surface area (TPSA) is 35.5 Å². The van der Waals surface area contributed by atoms with E-state index in [0.717, 1.165) is 24.8 Å². The van der Waals surface area contributed by atoms with Gasteiger partial charge in [-0.3, -0.25) is 0 Å². The normalized spacial score (nSPS) is 19.6. The largest absolute Gasteiger partial charge is 0.462 e. The number of carbonyl (C=O) groups excluding carboxylic acids is 1. The van der Waals surface area contributed by atoms with Crippen LogP contribution in [0.1, 0.15) is 61.4 Å². The Morgan fingerprint density at radius 1 is 1.00 bits per heavy atom. The monoisotopic (exact) mass is 386 g/mol. The van der Waals surface area contributed by atoms with Crippen LogP contribution in [-0.2, 0) is 0 Å². The Morgan fingerprint density at radius 2 is 1.68 bits per heavy atom. The lowest BCUT2D eigenvalue weighted by Crippen LogP contribution is -2.13. The highest BCUT2D eigenvalue weighted by molar-refractivity contribution is 5.91. The second kappa shape index (κ2) is 9.00. The van der Waals surface area contributed by atoms with Crippen LogP contribution in [0.3, 0.4) is 0 Å². The van der Waals surface area contributed by atoms with Crippen LogP contribution in [0.2, 0.25) is 0 Å². The molecular formula is C23H24F2O3. The Balaban J connectivity index is 1.68. The summed E-state index contributed by atoms with van der Waals surface area (Å²) in [4.78, 5) is 12.3. The molecule has 0 saturated heterocycles. The van der Waals surface area contributed by atoms with Crippen molar-refractivity contribution in [1.82, 2.24) is 0 Å². The molecule has 0 unspecified atom stereocenters. The van der Waals surface area contributed by atoms with Crippen LogP contribution in [0, 0.1) is 17.6 Å². The first-order valence-electron chi connectivity index (χ1n) is 9.57. The summed E-state index contributed by atoms with van der Waals surface area (Å²) in [6.45, 7) is 3.96. The maximum atomic E-state index is 14.2. The Morgan fingerprint density at radius 3 is 2.32 bits per heavy atom. The molecule has 5 heteroatoms. The minimum atomic E-state index is -1.29. The van der Waals surface area contributed by atoms with E-state index >= 15 is 0 Å². The van der Waals surface area contributed by atoms with Gasteiger partial charge in [0.25, 0.3) is 0 Å². The summed E-state index contributed by atoms with van der Waals surface area (Å²) >= 11 is 0. The highest BCUT2D eigenvalue weighted by Crippen LogP contribution is 2.36. The quantitative estimate of drug-likeness (QED) is 0.339. The van der Waals surface area contributed by atoms with Crippen LogP contribution in [0.4, 0.5) is 8.78 Å². The number of hydrogen-bond acceptors (Lipinski definition) is 3. The molecule has 148 valence electrons. The fourth-order valence-corrected chi connectivity index (χ4v) is 3.49. The van der Waals surface area contributed by atoms with Crippen molar-refractivity contribution in [3.8, 4) is 11.5 Å². The Kier molecular flexibility index (Phi) is 6.45. The SMILES string of the molecule is C/C=C/Oc1ccc(C(=O)Oc2ccc(C3CCC(C)CC3)cc2)c(F)c1F. The molecule has 1 aliphatic rings. The molecule has 1 saturated carbocycles. The number of carbonyl (C=O) groups is 1. The summed E-state index contributed by atoms with van der Waals surface area (Å²) in [6.07, 6.45) is 7.53. The zero-order valence-corrected chi connectivity index (χ0v) is 16.1. The number of ether oxygens (including phenoxy) is 2. The van der Waals surface area contributed by atoms with Crippen molar-refractivity contribution in [2.24, 2.45) is 5.92 Å². The zero-order valence-electron chi connectivity index (χ0n) is 16.1. The average molecular weight is 386 g/mol. The number of benzene rings is 2. The fourth-order valence-electron chi connectivity index (χ4n) is 3.49. The highest BCUT2D eigenvalue weighted by Gasteiger charge is 2.22. The molecule has 0 radical (unpaired) electrons. The summed E-state index contributed by atoms with van der Waals surface area (Å²) in [5.41, 5.74) is 0.741. The van der Waals surface area contributed by atoms with Crippen LogP contribution >= 0.6 is 0 Å². The molecule has 28 heavy (non-hydrogen) atoms. The van der Waals surface area contributed by atoms with Gasteiger partial charge in [-0.25, -0.2) is 9.18 Å². The van der Waals surface area contributed by atoms with Gasteiger partial charge >= 0.3 is 5.97 Å². The Hall–Kier alpha value is -2.69. The van der Waals surface area contributed by atoms with Crippen LogP contribution in [0.5, 0.6) is 11.5 Å². The summed E-state index contributed by atoms with van der Waals surface area (Å²) in [6, 6.07) is 9.62. The van der Waals surface area contributed by atoms with Crippen LogP contribution in [0.15, 0.2) is 48.7 Å². The van der Waals surface area contributed by atoms with E-state index in [1.54, 1.807) is 19.1 Å². The van der Waals surface area contributed by atoms with Gasteiger partial charge in [-0.05, 0) is 61.4 Å². The van der Waals surface area contributed by atoms with E-state index in [9.17, 15) is 13.6 Å². The first kappa shape index (κ1) is 20.1. The zero-order chi connectivity index (χ0) is 20.1. The molecule has 3 rings (SSSR count). The van der Waals surface area contributed by atoms with Gasteiger partial charge in [0.1, 0.15) is 5.75 Å². The van der Waals surface area contributed by atoms with Gasteiger partial charge in [-0.1, -0.05) is 38.0 Å². The molecule has 0 atom stereocenters. The van der Waals surface area contributed by atoms with Crippen molar-refractivity contribution in [1.29, 1.82) is 0 Å². The molecule has 0 bridgehead atoms. The third-order valence-corrected chi connectivity index (χ3v) is 5.18. The first-order valence-corrected chi connectivity index (χ1v) is 9.57. The predicted molar refractivity (Wildman–Crippen MR) is 104 cm³/mol. The number of allylic oxidation sites excluding steroid dienone is 1. The van der Waals surface area contributed by atoms with E-state index < -0.39 is 23.2 Å². The van der Waals surface area contributed by atoms with E-state index in [1.165, 1.54) is 36.8 Å². The third-order valence-electron chi connectivity index (χ3n) is 5.18. The van der Waals surface area contributed by atoms with Gasteiger partial charge in [0.15, 0.2) is 11.6 Å². The lowest BCUT2D eigenvalue weighted by Gasteiger charge is -2.26. The minimum absolute atomic E-state index is 0.293. The fraction of sp³-hybridized carbons (Fsp3) is 0.348. The minimum Gasteiger partial charge on any atom is -0.462 e. The Bertz CT molecular complexity index is 851. The van der Waals surface area contributed by atoms with Crippen molar-refractivity contribution in [2.45, 2.75) is 45.4 Å². The second-order valence-electron chi connectivity index (χ2n) is 7.24. The third kappa shape index (κ3) is 4.58. The standard InChI is InChI=1S/C23H24F2O3/c1-3-14-27-20-13-12-19(21(24)22(20)25)23(26)28-18-10-8-17(9-11-18)16-6-4-15(2)5-7-16/h3,8-16H,4-7H2,1-2H3/b14-3+. The number of rotatable bonds is 5. The summed E-state index contributed by atoms with van der Waals surface area (Å²) in [5, 5.41) is 0. The lowest BCUT2D eigenvalue weighted by atomic mass is 9.79. The van der Waals surface area contributed by atoms with Gasteiger partial charge in [-0.2, -0.15) is 4.39 Å². The smallest absolute Gasteiger partial charge is 0.346 e. The molecule has 2 aromatic carbocycles. The van der Waals surface area contributed by atoms with Crippen molar-refractivity contribution < 1.29 is 23.0 Å². The van der Waals surface area contributed by atoms with Crippen LogP contribution in [0.25, 0.3) is 0 Å². The van der Waals surface area contributed by atoms with Crippen molar-refractivity contribution in [3.05, 3.63) is 71.5 Å². The van der Waals surface area contributed by atoms with E-state index in [4.69, 9.17) is 9.47 Å². The maximum absolute atomic E-state index is 14.2. The van der Waals surface area contributed by atoms with E-state index in [-0.39, 0.29) is 5.75 Å². The molecular weight excluding hydrogens is 362 g/mol. The van der Waals surface area contributed by atoms with E-state index in [1.807, 2.05) is 12.1 Å². The number of esters is 1. The number of hydrogen-bond donors (Lipinski definition) is 0. The highest BCUT2D eigenvalue weighted by atomic mass is 19.2. The molecule has 0 aromatic heterocycles. The van der Waals surface area contributed by atoms with E-state index in [2.05, 4.69) is 6.92 Å². The van der Waals surface area contributed by atoms with Crippen LogP contribution in [-0.4, -0.2) is 5.97 Å². The van der Waals surface area contributed by atoms with Gasteiger partial charge in [0.2, 0.25) is 5.82 Å². The molecule has 0 amide bonds. The van der Waals surface area contributed by atoms with Gasteiger partial charge in [-0.15, -0.1) is 0 Å². The molecule has 0 spiro atoms. The predicted octanol–water partition coefficient (Wildman–Crippen LogP) is 6.39. The van der Waals surface area contributed by atoms with Gasteiger partial charge in [0, 0.05) is 0 Å². The summed E-state index contributed by atoms with van der Waals surface area (Å²) < 4.78 is 38.4. The molecule has 1 fully saturated rings. The molecule has 0 aliphatic heterocycles. The van der Waals surface area contributed by atoms with E-state index in [0.29, 0.717) is 11.7 Å². The van der Waals surface area contributed by atoms with Crippen LogP contribution < -0.4 is 9.47 Å². The molecule has 0 N–H and O–H groups in total. The first-order chi connectivity index (χ1) is 13.5. The average Bonchev–Trinajstić information content (AvgIpc) is 2.70. The van der Waals surface area contributed by atoms with Gasteiger partial charge in [0.05, 0.1) is 11.8 Å². The van der Waals surface area contributed by atoms with Gasteiger partial charge < -0.3 is 9.47 Å². The Labute approximate surface area is 164 Å².